The lowest BCUT2D eigenvalue weighted by Crippen LogP contribution is -2.54. The van der Waals surface area contributed by atoms with E-state index in [1.807, 2.05) is 20.8 Å². The molecule has 2 rings (SSSR count). The van der Waals surface area contributed by atoms with Crippen molar-refractivity contribution in [3.8, 4) is 0 Å². The highest BCUT2D eigenvalue weighted by atomic mass is 16.5. The lowest BCUT2D eigenvalue weighted by Gasteiger charge is -2.54. The van der Waals surface area contributed by atoms with Crippen LogP contribution in [0.4, 0.5) is 0 Å². The number of aliphatic hydroxyl groups excluding tert-OH is 3. The van der Waals surface area contributed by atoms with Crippen LogP contribution in [0.3, 0.4) is 0 Å². The van der Waals surface area contributed by atoms with Crippen molar-refractivity contribution in [1.29, 1.82) is 0 Å². The molecule has 0 bridgehead atoms. The van der Waals surface area contributed by atoms with Crippen LogP contribution in [0.1, 0.15) is 60.3 Å². The first kappa shape index (κ1) is 20.7. The molecule has 5 unspecified atom stereocenters. The van der Waals surface area contributed by atoms with Crippen LogP contribution in [0, 0.1) is 35.5 Å². The Kier molecular flexibility index (Phi) is 6.61. The van der Waals surface area contributed by atoms with Gasteiger partial charge in [0.1, 0.15) is 5.60 Å². The Morgan fingerprint density at radius 1 is 1.04 bits per heavy atom. The first-order valence-electron chi connectivity index (χ1n) is 9.99. The highest BCUT2D eigenvalue weighted by Crippen LogP contribution is 2.54. The first-order valence-corrected chi connectivity index (χ1v) is 9.99. The summed E-state index contributed by atoms with van der Waals surface area (Å²) in [6, 6.07) is 0. The highest BCUT2D eigenvalue weighted by molar-refractivity contribution is 5.07. The van der Waals surface area contributed by atoms with Gasteiger partial charge in [-0.2, -0.15) is 0 Å². The minimum Gasteiger partial charge on any atom is -0.493 e. The maximum atomic E-state index is 10.5. The van der Waals surface area contributed by atoms with E-state index in [0.717, 1.165) is 25.0 Å². The highest BCUT2D eigenvalue weighted by Gasteiger charge is 2.52. The number of hydrogen-bond acceptors (Lipinski definition) is 4. The largest absolute Gasteiger partial charge is 0.493 e. The third-order valence-corrected chi connectivity index (χ3v) is 6.54. The van der Waals surface area contributed by atoms with Crippen molar-refractivity contribution in [3.05, 3.63) is 12.3 Å². The molecule has 0 radical (unpaired) electrons. The van der Waals surface area contributed by atoms with E-state index in [4.69, 9.17) is 4.74 Å². The minimum atomic E-state index is -0.648. The van der Waals surface area contributed by atoms with Crippen LogP contribution < -0.4 is 0 Å². The van der Waals surface area contributed by atoms with E-state index in [9.17, 15) is 15.3 Å². The summed E-state index contributed by atoms with van der Waals surface area (Å²) >= 11 is 0. The average Bonchev–Trinajstić information content (AvgIpc) is 2.52. The van der Waals surface area contributed by atoms with Crippen LogP contribution in [0.2, 0.25) is 0 Å². The predicted octanol–water partition coefficient (Wildman–Crippen LogP) is 3.35. The minimum absolute atomic E-state index is 0.102. The molecular formula is C21H38O4. The zero-order chi connectivity index (χ0) is 18.9. The molecule has 0 spiro atoms. The van der Waals surface area contributed by atoms with Gasteiger partial charge < -0.3 is 20.1 Å². The van der Waals surface area contributed by atoms with E-state index < -0.39 is 12.2 Å². The molecule has 4 nitrogen and oxygen atoms in total. The SMILES string of the molecule is C=C(OC(C)(C)C)C1CC2C[C@@H](O)[C@H](O)C(CC)C2C(CC)[C@@H]1CO. The van der Waals surface area contributed by atoms with Gasteiger partial charge in [-0.15, -0.1) is 0 Å². The van der Waals surface area contributed by atoms with Crippen LogP contribution in [0.25, 0.3) is 0 Å². The zero-order valence-electron chi connectivity index (χ0n) is 16.6. The molecule has 4 heteroatoms. The lowest BCUT2D eigenvalue weighted by molar-refractivity contribution is -0.143. The Balaban J connectivity index is 2.31. The summed E-state index contributed by atoms with van der Waals surface area (Å²) in [5, 5.41) is 31.0. The predicted molar refractivity (Wildman–Crippen MR) is 99.8 cm³/mol. The second-order valence-electron chi connectivity index (χ2n) is 9.14. The normalized spacial score (nSPS) is 41.9. The van der Waals surface area contributed by atoms with Gasteiger partial charge in [-0.25, -0.2) is 0 Å². The summed E-state index contributed by atoms with van der Waals surface area (Å²) in [7, 11) is 0. The first-order chi connectivity index (χ1) is 11.6. The van der Waals surface area contributed by atoms with Gasteiger partial charge in [-0.3, -0.25) is 0 Å². The molecule has 3 N–H and O–H groups in total. The lowest BCUT2D eigenvalue weighted by atomic mass is 9.52. The van der Waals surface area contributed by atoms with Crippen LogP contribution in [-0.2, 0) is 4.74 Å². The van der Waals surface area contributed by atoms with Gasteiger partial charge >= 0.3 is 0 Å². The number of rotatable bonds is 5. The molecular weight excluding hydrogens is 316 g/mol. The van der Waals surface area contributed by atoms with E-state index >= 15 is 0 Å². The second-order valence-corrected chi connectivity index (χ2v) is 9.14. The van der Waals surface area contributed by atoms with Crippen LogP contribution in [0.5, 0.6) is 0 Å². The van der Waals surface area contributed by atoms with Crippen LogP contribution in [0.15, 0.2) is 12.3 Å². The Hall–Kier alpha value is -0.580. The van der Waals surface area contributed by atoms with Gasteiger partial charge in [0, 0.05) is 12.5 Å². The zero-order valence-corrected chi connectivity index (χ0v) is 16.6. The molecule has 0 aromatic rings. The summed E-state index contributed by atoms with van der Waals surface area (Å²) in [5.41, 5.74) is -0.302. The van der Waals surface area contributed by atoms with E-state index in [1.54, 1.807) is 0 Å². The topological polar surface area (TPSA) is 69.9 Å². The number of aliphatic hydroxyl groups is 3. The molecule has 0 aliphatic heterocycles. The fraction of sp³-hybridized carbons (Fsp3) is 0.905. The molecule has 2 saturated carbocycles. The van der Waals surface area contributed by atoms with E-state index in [0.29, 0.717) is 24.2 Å². The summed E-state index contributed by atoms with van der Waals surface area (Å²) in [6.07, 6.45) is 2.04. The fourth-order valence-electron chi connectivity index (χ4n) is 5.66. The van der Waals surface area contributed by atoms with Crippen molar-refractivity contribution in [3.63, 3.8) is 0 Å². The van der Waals surface area contributed by atoms with Crippen molar-refractivity contribution in [1.82, 2.24) is 0 Å². The molecule has 0 saturated heterocycles. The fourth-order valence-corrected chi connectivity index (χ4v) is 5.66. The van der Waals surface area contributed by atoms with Crippen LogP contribution >= 0.6 is 0 Å². The molecule has 146 valence electrons. The van der Waals surface area contributed by atoms with E-state index in [1.165, 1.54) is 0 Å². The van der Waals surface area contributed by atoms with Crippen molar-refractivity contribution in [2.75, 3.05) is 6.61 Å². The summed E-state index contributed by atoms with van der Waals surface area (Å²) in [5.74, 6) is 2.10. The Bertz CT molecular complexity index is 455. The molecule has 8 atom stereocenters. The number of fused-ring (bicyclic) bond motifs is 1. The number of hydrogen-bond donors (Lipinski definition) is 3. The third kappa shape index (κ3) is 4.23. The van der Waals surface area contributed by atoms with Gasteiger partial charge in [-0.05, 0) is 63.2 Å². The monoisotopic (exact) mass is 354 g/mol. The molecule has 0 amide bonds. The molecule has 0 aromatic carbocycles. The van der Waals surface area contributed by atoms with Gasteiger partial charge in [0.15, 0.2) is 0 Å². The Morgan fingerprint density at radius 2 is 1.64 bits per heavy atom. The average molecular weight is 355 g/mol. The Labute approximate surface area is 153 Å². The summed E-state index contributed by atoms with van der Waals surface area (Å²) < 4.78 is 6.07. The molecule has 25 heavy (non-hydrogen) atoms. The molecule has 2 aliphatic rings. The van der Waals surface area contributed by atoms with Crippen LogP contribution in [-0.4, -0.2) is 39.7 Å². The molecule has 2 fully saturated rings. The van der Waals surface area contributed by atoms with Crippen molar-refractivity contribution >= 4 is 0 Å². The molecule has 2 aliphatic carbocycles. The van der Waals surface area contributed by atoms with Crippen molar-refractivity contribution < 1.29 is 20.1 Å². The molecule has 0 heterocycles. The maximum Gasteiger partial charge on any atom is 0.100 e. The van der Waals surface area contributed by atoms with Gasteiger partial charge in [0.2, 0.25) is 0 Å². The maximum absolute atomic E-state index is 10.5. The third-order valence-electron chi connectivity index (χ3n) is 6.54. The quantitative estimate of drug-likeness (QED) is 0.662. The van der Waals surface area contributed by atoms with Gasteiger partial charge in [-0.1, -0.05) is 33.3 Å². The summed E-state index contributed by atoms with van der Waals surface area (Å²) in [6.45, 7) is 14.6. The Morgan fingerprint density at radius 3 is 2.12 bits per heavy atom. The van der Waals surface area contributed by atoms with Gasteiger partial charge in [0.25, 0.3) is 0 Å². The molecule has 0 aromatic heterocycles. The van der Waals surface area contributed by atoms with Gasteiger partial charge in [0.05, 0.1) is 18.0 Å². The standard InChI is InChI=1S/C21H38O4/c1-7-14-17(11-22)16(12(3)25-21(4,5)6)9-13-10-18(23)20(24)15(8-2)19(13)14/h13-20,22-24H,3,7-11H2,1-2,4-6H3/t13?,14?,15?,16?,17-,18+,19?,20+/m0/s1. The second kappa shape index (κ2) is 7.98. The smallest absolute Gasteiger partial charge is 0.100 e. The van der Waals surface area contributed by atoms with E-state index in [-0.39, 0.29) is 30.0 Å². The van der Waals surface area contributed by atoms with Crippen molar-refractivity contribution in [2.45, 2.75) is 78.1 Å². The van der Waals surface area contributed by atoms with E-state index in [2.05, 4.69) is 20.4 Å². The summed E-state index contributed by atoms with van der Waals surface area (Å²) in [4.78, 5) is 0. The van der Waals surface area contributed by atoms with Crippen molar-refractivity contribution in [2.24, 2.45) is 35.5 Å². The number of ether oxygens (including phenoxy) is 1. The number of allylic oxidation sites excluding steroid dienone is 1.